The van der Waals surface area contributed by atoms with E-state index < -0.39 is 7.42 Å². The second kappa shape index (κ2) is 10.6. The van der Waals surface area contributed by atoms with Crippen LogP contribution >= 0.6 is 22.2 Å². The predicted molar refractivity (Wildman–Crippen MR) is 104 cm³/mol. The molecule has 0 aromatic heterocycles. The van der Waals surface area contributed by atoms with E-state index in [0.29, 0.717) is 0 Å². The Labute approximate surface area is 152 Å². The van der Waals surface area contributed by atoms with E-state index in [1.54, 1.807) is 0 Å². The molecule has 4 heteroatoms. The Balaban J connectivity index is 1.70. The van der Waals surface area contributed by atoms with E-state index in [2.05, 4.69) is 31.2 Å². The van der Waals surface area contributed by atoms with E-state index in [9.17, 15) is 0 Å². The maximum absolute atomic E-state index is 5.85. The first kappa shape index (κ1) is 19.1. The van der Waals surface area contributed by atoms with Crippen molar-refractivity contribution in [2.24, 2.45) is 5.92 Å². The van der Waals surface area contributed by atoms with Crippen LogP contribution in [0.15, 0.2) is 24.3 Å². The molecule has 1 fully saturated rings. The van der Waals surface area contributed by atoms with Crippen molar-refractivity contribution in [1.29, 1.82) is 0 Å². The third kappa shape index (κ3) is 7.07. The molecular weight excluding hydrogens is 343 g/mol. The van der Waals surface area contributed by atoms with Gasteiger partial charge in [0.15, 0.2) is 0 Å². The summed E-state index contributed by atoms with van der Waals surface area (Å²) in [5.74, 6) is 2.72. The molecule has 0 atom stereocenters. The van der Waals surface area contributed by atoms with E-state index in [4.69, 9.17) is 26.9 Å². The van der Waals surface area contributed by atoms with Crippen LogP contribution in [0, 0.1) is 5.92 Å². The Morgan fingerprint density at radius 3 is 2.35 bits per heavy atom. The zero-order chi connectivity index (χ0) is 16.5. The van der Waals surface area contributed by atoms with Crippen LogP contribution in [0.1, 0.15) is 69.8 Å². The van der Waals surface area contributed by atoms with Gasteiger partial charge in [-0.25, -0.2) is 0 Å². The number of hydrogen-bond acceptors (Lipinski definition) is 1. The SMILES string of the molecule is CCCC1CCC(c2ccc(OCCCC[SiH](Cl)Cl)cc2)CC1. The minimum absolute atomic E-state index is 0.756. The molecule has 1 nitrogen and oxygen atoms in total. The van der Waals surface area contributed by atoms with Gasteiger partial charge in [0.1, 0.15) is 5.75 Å². The highest BCUT2D eigenvalue weighted by atomic mass is 35.7. The normalized spacial score (nSPS) is 21.6. The Morgan fingerprint density at radius 1 is 1.04 bits per heavy atom. The highest BCUT2D eigenvalue weighted by Crippen LogP contribution is 2.37. The van der Waals surface area contributed by atoms with Crippen molar-refractivity contribution in [1.82, 2.24) is 0 Å². The Kier molecular flexibility index (Phi) is 8.85. The van der Waals surface area contributed by atoms with Crippen LogP contribution in [0.2, 0.25) is 6.04 Å². The van der Waals surface area contributed by atoms with Gasteiger partial charge in [-0.3, -0.25) is 0 Å². The molecule has 130 valence electrons. The molecule has 0 bridgehead atoms. The number of halogens is 2. The van der Waals surface area contributed by atoms with Crippen LogP contribution in [0.25, 0.3) is 0 Å². The summed E-state index contributed by atoms with van der Waals surface area (Å²) in [7, 11) is -1.43. The van der Waals surface area contributed by atoms with Crippen LogP contribution < -0.4 is 4.74 Å². The summed E-state index contributed by atoms with van der Waals surface area (Å²) in [6.07, 6.45) is 10.4. The molecule has 0 radical (unpaired) electrons. The lowest BCUT2D eigenvalue weighted by Crippen LogP contribution is -2.13. The monoisotopic (exact) mass is 372 g/mol. The molecule has 1 aliphatic carbocycles. The number of hydrogen-bond donors (Lipinski definition) is 0. The number of unbranched alkanes of at least 4 members (excludes halogenated alkanes) is 1. The van der Waals surface area contributed by atoms with Gasteiger partial charge in [0.2, 0.25) is 7.42 Å². The fourth-order valence-electron chi connectivity index (χ4n) is 3.62. The summed E-state index contributed by atoms with van der Waals surface area (Å²) in [5.41, 5.74) is 1.49. The largest absolute Gasteiger partial charge is 0.494 e. The van der Waals surface area contributed by atoms with Crippen molar-refractivity contribution >= 4 is 29.6 Å². The lowest BCUT2D eigenvalue weighted by Gasteiger charge is -2.28. The first-order chi connectivity index (χ1) is 11.2. The van der Waals surface area contributed by atoms with Crippen molar-refractivity contribution in [2.75, 3.05) is 6.61 Å². The van der Waals surface area contributed by atoms with Gasteiger partial charge in [-0.15, -0.1) is 0 Å². The van der Waals surface area contributed by atoms with Gasteiger partial charge in [-0.05, 0) is 67.7 Å². The maximum Gasteiger partial charge on any atom is 0.237 e. The summed E-state index contributed by atoms with van der Waals surface area (Å²) in [5, 5.41) is 0. The highest BCUT2D eigenvalue weighted by molar-refractivity contribution is 7.33. The van der Waals surface area contributed by atoms with Gasteiger partial charge in [0.25, 0.3) is 0 Å². The second-order valence-corrected chi connectivity index (χ2v) is 12.0. The molecule has 1 saturated carbocycles. The molecule has 0 spiro atoms. The van der Waals surface area contributed by atoms with Crippen molar-refractivity contribution in [3.63, 3.8) is 0 Å². The average molecular weight is 373 g/mol. The molecule has 2 rings (SSSR count). The van der Waals surface area contributed by atoms with Crippen LogP contribution in [-0.4, -0.2) is 14.0 Å². The standard InChI is InChI=1S/C19H30Cl2OSi/c1-2-5-16-6-8-17(9-7-16)18-10-12-19(13-11-18)22-14-3-4-15-23(20)21/h10-13,16-17,23H,2-9,14-15H2,1H3. The van der Waals surface area contributed by atoms with Crippen LogP contribution in [0.5, 0.6) is 5.75 Å². The Hall–Kier alpha value is -0.183. The van der Waals surface area contributed by atoms with Gasteiger partial charge in [-0.2, -0.15) is 22.2 Å². The van der Waals surface area contributed by atoms with E-state index in [1.165, 1.54) is 44.1 Å². The minimum Gasteiger partial charge on any atom is -0.494 e. The number of rotatable bonds is 9. The van der Waals surface area contributed by atoms with Crippen molar-refractivity contribution in [3.05, 3.63) is 29.8 Å². The molecule has 0 saturated heterocycles. The third-order valence-corrected chi connectivity index (χ3v) is 7.13. The smallest absolute Gasteiger partial charge is 0.237 e. The van der Waals surface area contributed by atoms with Crippen molar-refractivity contribution in [3.8, 4) is 5.75 Å². The van der Waals surface area contributed by atoms with E-state index in [1.807, 2.05) is 0 Å². The molecule has 0 heterocycles. The van der Waals surface area contributed by atoms with E-state index in [-0.39, 0.29) is 0 Å². The molecule has 0 unspecified atom stereocenters. The molecule has 0 N–H and O–H groups in total. The first-order valence-electron chi connectivity index (χ1n) is 9.20. The molecule has 1 aliphatic rings. The van der Waals surface area contributed by atoms with Crippen LogP contribution in [0.3, 0.4) is 0 Å². The fourth-order valence-corrected chi connectivity index (χ4v) is 5.14. The van der Waals surface area contributed by atoms with Crippen LogP contribution in [-0.2, 0) is 0 Å². The average Bonchev–Trinajstić information content (AvgIpc) is 2.56. The Morgan fingerprint density at radius 2 is 1.74 bits per heavy atom. The van der Waals surface area contributed by atoms with Crippen LogP contribution in [0.4, 0.5) is 0 Å². The molecule has 23 heavy (non-hydrogen) atoms. The second-order valence-electron chi connectivity index (χ2n) is 6.81. The van der Waals surface area contributed by atoms with E-state index >= 15 is 0 Å². The number of benzene rings is 1. The highest BCUT2D eigenvalue weighted by Gasteiger charge is 2.21. The zero-order valence-corrected chi connectivity index (χ0v) is 16.9. The molecule has 0 aliphatic heterocycles. The summed E-state index contributed by atoms with van der Waals surface area (Å²) in [6.45, 7) is 3.06. The lowest BCUT2D eigenvalue weighted by molar-refractivity contribution is 0.304. The van der Waals surface area contributed by atoms with Gasteiger partial charge in [0.05, 0.1) is 6.61 Å². The van der Waals surface area contributed by atoms with Gasteiger partial charge < -0.3 is 4.74 Å². The van der Waals surface area contributed by atoms with Crippen molar-refractivity contribution in [2.45, 2.75) is 70.3 Å². The maximum atomic E-state index is 5.85. The summed E-state index contributed by atoms with van der Waals surface area (Å²) >= 11 is 11.7. The quantitative estimate of drug-likeness (QED) is 0.269. The molecular formula is C19H30Cl2OSi. The topological polar surface area (TPSA) is 9.23 Å². The first-order valence-corrected chi connectivity index (χ1v) is 13.5. The van der Waals surface area contributed by atoms with Crippen molar-refractivity contribution < 1.29 is 4.74 Å². The summed E-state index contributed by atoms with van der Waals surface area (Å²) in [4.78, 5) is 0. The molecule has 1 aromatic carbocycles. The third-order valence-electron chi connectivity index (χ3n) is 4.98. The summed E-state index contributed by atoms with van der Waals surface area (Å²) in [6, 6.07) is 9.77. The van der Waals surface area contributed by atoms with Gasteiger partial charge in [0, 0.05) is 0 Å². The molecule has 0 amide bonds. The minimum atomic E-state index is -1.43. The number of ether oxygens (including phenoxy) is 1. The fraction of sp³-hybridized carbons (Fsp3) is 0.684. The predicted octanol–water partition coefficient (Wildman–Crippen LogP) is 6.62. The lowest BCUT2D eigenvalue weighted by atomic mass is 9.77. The van der Waals surface area contributed by atoms with Gasteiger partial charge >= 0.3 is 0 Å². The van der Waals surface area contributed by atoms with Gasteiger partial charge in [-0.1, -0.05) is 38.3 Å². The zero-order valence-electron chi connectivity index (χ0n) is 14.3. The Bertz CT molecular complexity index is 428. The van der Waals surface area contributed by atoms with E-state index in [0.717, 1.165) is 43.1 Å². The molecule has 1 aromatic rings. The summed E-state index contributed by atoms with van der Waals surface area (Å²) < 4.78 is 5.81.